The van der Waals surface area contributed by atoms with E-state index < -0.39 is 0 Å². The normalized spacial score (nSPS) is 22.6. The van der Waals surface area contributed by atoms with Gasteiger partial charge >= 0.3 is 0 Å². The summed E-state index contributed by atoms with van der Waals surface area (Å²) in [4.78, 5) is 4.53. The van der Waals surface area contributed by atoms with Gasteiger partial charge < -0.3 is 11.1 Å². The van der Waals surface area contributed by atoms with Crippen molar-refractivity contribution in [2.75, 3.05) is 0 Å². The fourth-order valence-corrected chi connectivity index (χ4v) is 2.25. The van der Waals surface area contributed by atoms with Crippen LogP contribution in [0.2, 0.25) is 0 Å². The van der Waals surface area contributed by atoms with Gasteiger partial charge in [0.25, 0.3) is 0 Å². The third kappa shape index (κ3) is 5.30. The molecule has 1 aliphatic carbocycles. The van der Waals surface area contributed by atoms with Gasteiger partial charge in [-0.25, -0.2) is 4.99 Å². The Balaban J connectivity index is 0.00000180. The predicted octanol–water partition coefficient (Wildman–Crippen LogP) is 3.63. The maximum absolute atomic E-state index is 5.90. The Morgan fingerprint density at radius 2 is 1.89 bits per heavy atom. The van der Waals surface area contributed by atoms with Crippen LogP contribution in [0.5, 0.6) is 0 Å². The van der Waals surface area contributed by atoms with E-state index in [0.717, 1.165) is 10.9 Å². The van der Waals surface area contributed by atoms with Crippen LogP contribution in [0.15, 0.2) is 33.7 Å². The van der Waals surface area contributed by atoms with Crippen molar-refractivity contribution in [3.63, 3.8) is 0 Å². The van der Waals surface area contributed by atoms with E-state index in [4.69, 9.17) is 5.73 Å². The van der Waals surface area contributed by atoms with E-state index in [0.29, 0.717) is 17.9 Å². The molecular formula is C14H21BrIN3. The Hall–Kier alpha value is -0.300. The van der Waals surface area contributed by atoms with Crippen molar-refractivity contribution in [1.29, 1.82) is 0 Å². The lowest BCUT2D eigenvalue weighted by molar-refractivity contribution is 0.508. The molecule has 1 fully saturated rings. The van der Waals surface area contributed by atoms with Gasteiger partial charge in [-0.2, -0.15) is 0 Å². The Kier molecular flexibility index (Phi) is 5.67. The van der Waals surface area contributed by atoms with Crippen molar-refractivity contribution >= 4 is 45.9 Å². The predicted molar refractivity (Wildman–Crippen MR) is 95.2 cm³/mol. The number of halogens is 2. The van der Waals surface area contributed by atoms with Crippen LogP contribution in [0.25, 0.3) is 0 Å². The number of aliphatic imine (C=N–C) groups is 1. The summed E-state index contributed by atoms with van der Waals surface area (Å²) < 4.78 is 1.11. The van der Waals surface area contributed by atoms with Gasteiger partial charge in [-0.05, 0) is 44.9 Å². The summed E-state index contributed by atoms with van der Waals surface area (Å²) in [6.45, 7) is 6.23. The van der Waals surface area contributed by atoms with Gasteiger partial charge in [0, 0.05) is 15.9 Å². The van der Waals surface area contributed by atoms with Gasteiger partial charge in [0.05, 0.1) is 6.04 Å². The largest absolute Gasteiger partial charge is 0.370 e. The lowest BCUT2D eigenvalue weighted by Gasteiger charge is -2.21. The highest BCUT2D eigenvalue weighted by molar-refractivity contribution is 14.0. The lowest BCUT2D eigenvalue weighted by atomic mass is 10.1. The van der Waals surface area contributed by atoms with Crippen LogP contribution in [0.4, 0.5) is 0 Å². The van der Waals surface area contributed by atoms with Crippen molar-refractivity contribution < 1.29 is 0 Å². The summed E-state index contributed by atoms with van der Waals surface area (Å²) >= 11 is 3.45. The molecule has 0 amide bonds. The topological polar surface area (TPSA) is 50.4 Å². The monoisotopic (exact) mass is 437 g/mol. The molecule has 1 aromatic rings. The second-order valence-electron chi connectivity index (χ2n) is 5.85. The van der Waals surface area contributed by atoms with Gasteiger partial charge in [0.2, 0.25) is 0 Å². The van der Waals surface area contributed by atoms with Crippen molar-refractivity contribution in [3.05, 3.63) is 34.3 Å². The Morgan fingerprint density at radius 1 is 1.32 bits per heavy atom. The standard InChI is InChI=1S/C14H20BrN3.HI/c1-14(2,3)18-13(16)17-12-8-11(12)9-4-6-10(15)7-5-9;/h4-7,11-12H,8H2,1-3H3,(H3,16,17,18);1H. The van der Waals surface area contributed by atoms with Crippen LogP contribution in [-0.4, -0.2) is 17.5 Å². The molecule has 0 heterocycles. The minimum atomic E-state index is -0.0322. The van der Waals surface area contributed by atoms with Gasteiger partial charge in [0.1, 0.15) is 0 Å². The summed E-state index contributed by atoms with van der Waals surface area (Å²) in [5.74, 6) is 1.07. The van der Waals surface area contributed by atoms with E-state index >= 15 is 0 Å². The van der Waals surface area contributed by atoms with Gasteiger partial charge in [-0.1, -0.05) is 28.1 Å². The molecule has 0 spiro atoms. The first kappa shape index (κ1) is 16.8. The summed E-state index contributed by atoms with van der Waals surface area (Å²) in [6.07, 6.45) is 1.09. The highest BCUT2D eigenvalue weighted by Crippen LogP contribution is 2.43. The smallest absolute Gasteiger partial charge is 0.189 e. The van der Waals surface area contributed by atoms with Crippen LogP contribution < -0.4 is 11.1 Å². The molecule has 0 aliphatic heterocycles. The molecule has 5 heteroatoms. The van der Waals surface area contributed by atoms with E-state index in [1.807, 2.05) is 0 Å². The van der Waals surface area contributed by atoms with Crippen molar-refractivity contribution in [1.82, 2.24) is 5.32 Å². The summed E-state index contributed by atoms with van der Waals surface area (Å²) in [7, 11) is 0. The molecule has 19 heavy (non-hydrogen) atoms. The number of hydrogen-bond acceptors (Lipinski definition) is 1. The second-order valence-corrected chi connectivity index (χ2v) is 6.77. The van der Waals surface area contributed by atoms with Crippen molar-refractivity contribution in [2.45, 2.75) is 44.7 Å². The molecule has 1 aromatic carbocycles. The molecule has 0 bridgehead atoms. The quantitative estimate of drug-likeness (QED) is 0.421. The first-order valence-corrected chi connectivity index (χ1v) is 7.01. The van der Waals surface area contributed by atoms with Crippen LogP contribution in [-0.2, 0) is 0 Å². The number of benzene rings is 1. The SMILES string of the molecule is CC(C)(C)NC(N)=NC1CC1c1ccc(Br)cc1.I. The highest BCUT2D eigenvalue weighted by atomic mass is 127. The molecule has 1 aliphatic rings. The second kappa shape index (κ2) is 6.43. The van der Waals surface area contributed by atoms with Crippen molar-refractivity contribution in [3.8, 4) is 0 Å². The van der Waals surface area contributed by atoms with Crippen LogP contribution in [0.3, 0.4) is 0 Å². The zero-order valence-corrected chi connectivity index (χ0v) is 15.4. The lowest BCUT2D eigenvalue weighted by Crippen LogP contribution is -2.45. The molecule has 2 unspecified atom stereocenters. The Bertz CT molecular complexity index is 451. The fraction of sp³-hybridized carbons (Fsp3) is 0.500. The van der Waals surface area contributed by atoms with E-state index in [2.05, 4.69) is 71.3 Å². The minimum absolute atomic E-state index is 0. The number of nitrogens with one attached hydrogen (secondary N) is 1. The van der Waals surface area contributed by atoms with Crippen LogP contribution in [0.1, 0.15) is 38.7 Å². The molecule has 0 radical (unpaired) electrons. The van der Waals surface area contributed by atoms with Crippen molar-refractivity contribution in [2.24, 2.45) is 10.7 Å². The average molecular weight is 438 g/mol. The summed E-state index contributed by atoms with van der Waals surface area (Å²) in [5.41, 5.74) is 7.21. The third-order valence-electron chi connectivity index (χ3n) is 2.86. The maximum Gasteiger partial charge on any atom is 0.189 e. The van der Waals surface area contributed by atoms with E-state index in [9.17, 15) is 0 Å². The van der Waals surface area contributed by atoms with E-state index in [-0.39, 0.29) is 29.5 Å². The molecule has 2 atom stereocenters. The first-order chi connectivity index (χ1) is 8.35. The summed E-state index contributed by atoms with van der Waals surface area (Å²) in [5, 5.41) is 3.19. The molecule has 1 saturated carbocycles. The molecule has 106 valence electrons. The molecule has 2 rings (SSSR count). The maximum atomic E-state index is 5.90. The number of nitrogens with zero attached hydrogens (tertiary/aromatic N) is 1. The number of guanidine groups is 1. The number of hydrogen-bond donors (Lipinski definition) is 2. The van der Waals surface area contributed by atoms with Crippen LogP contribution in [0, 0.1) is 0 Å². The van der Waals surface area contributed by atoms with E-state index in [1.54, 1.807) is 0 Å². The Labute approximate surface area is 140 Å². The molecule has 3 nitrogen and oxygen atoms in total. The van der Waals surface area contributed by atoms with Gasteiger partial charge in [-0.15, -0.1) is 24.0 Å². The molecule has 3 N–H and O–H groups in total. The molecule has 0 aromatic heterocycles. The average Bonchev–Trinajstić information content (AvgIpc) is 2.95. The third-order valence-corrected chi connectivity index (χ3v) is 3.39. The number of nitrogens with two attached hydrogens (primary N) is 1. The summed E-state index contributed by atoms with van der Waals surface area (Å²) in [6, 6.07) is 8.78. The number of rotatable bonds is 2. The Morgan fingerprint density at radius 3 is 2.42 bits per heavy atom. The minimum Gasteiger partial charge on any atom is -0.370 e. The van der Waals surface area contributed by atoms with Gasteiger partial charge in [-0.3, -0.25) is 0 Å². The van der Waals surface area contributed by atoms with Crippen LogP contribution >= 0.6 is 39.9 Å². The highest BCUT2D eigenvalue weighted by Gasteiger charge is 2.38. The zero-order chi connectivity index (χ0) is 13.3. The van der Waals surface area contributed by atoms with E-state index in [1.165, 1.54) is 5.56 Å². The zero-order valence-electron chi connectivity index (χ0n) is 11.5. The van der Waals surface area contributed by atoms with Gasteiger partial charge in [0.15, 0.2) is 5.96 Å². The first-order valence-electron chi connectivity index (χ1n) is 6.22. The molecule has 0 saturated heterocycles. The molecular weight excluding hydrogens is 417 g/mol. The fourth-order valence-electron chi connectivity index (χ4n) is 1.99.